The van der Waals surface area contributed by atoms with Crippen molar-refractivity contribution in [3.8, 4) is 44.5 Å². The molecule has 276 valence electrons. The minimum Gasteiger partial charge on any atom is -0.310 e. The molecule has 0 aromatic heterocycles. The van der Waals surface area contributed by atoms with Gasteiger partial charge < -0.3 is 4.90 Å². The lowest BCUT2D eigenvalue weighted by Gasteiger charge is -2.28. The molecule has 0 saturated heterocycles. The van der Waals surface area contributed by atoms with E-state index >= 15 is 0 Å². The molecule has 0 aliphatic rings. The van der Waals surface area contributed by atoms with E-state index in [-0.39, 0.29) is 0 Å². The van der Waals surface area contributed by atoms with Gasteiger partial charge in [0.05, 0.1) is 5.69 Å². The van der Waals surface area contributed by atoms with Gasteiger partial charge in [-0.2, -0.15) is 0 Å². The van der Waals surface area contributed by atoms with Crippen molar-refractivity contribution in [2.45, 2.75) is 0 Å². The smallest absolute Gasteiger partial charge is 0.0540 e. The largest absolute Gasteiger partial charge is 0.310 e. The second-order valence-corrected chi connectivity index (χ2v) is 15.3. The number of anilines is 3. The van der Waals surface area contributed by atoms with Crippen molar-refractivity contribution in [2.75, 3.05) is 4.90 Å². The van der Waals surface area contributed by atoms with Gasteiger partial charge >= 0.3 is 0 Å². The monoisotopic (exact) mass is 749 g/mol. The van der Waals surface area contributed by atoms with E-state index in [9.17, 15) is 0 Å². The second-order valence-electron chi connectivity index (χ2n) is 15.3. The fourth-order valence-electron chi connectivity index (χ4n) is 8.88. The first-order chi connectivity index (χ1) is 29.2. The molecular weight excluding hydrogens is 711 g/mol. The Bertz CT molecular complexity index is 3270. The third kappa shape index (κ3) is 6.30. The van der Waals surface area contributed by atoms with Gasteiger partial charge in [-0.1, -0.05) is 200 Å². The molecule has 59 heavy (non-hydrogen) atoms. The molecular formula is C58H39N. The Morgan fingerprint density at radius 2 is 0.644 bits per heavy atom. The molecule has 0 fully saturated rings. The first-order valence-corrected chi connectivity index (χ1v) is 20.3. The summed E-state index contributed by atoms with van der Waals surface area (Å²) in [6, 6.07) is 86.1. The van der Waals surface area contributed by atoms with Crippen LogP contribution >= 0.6 is 0 Å². The maximum absolute atomic E-state index is 2.39. The SMILES string of the molecule is c1ccc(-c2ccc(-c3ccc(N(c4ccc(-c5ccc6c(ccc7ccc8ccc9ccccc9c8c76)c5)cc4)c4ccccc4-c4ccccc4)cc3)cc2)cc1. The van der Waals surface area contributed by atoms with E-state index in [1.165, 1.54) is 87.6 Å². The summed E-state index contributed by atoms with van der Waals surface area (Å²) >= 11 is 0. The number of hydrogen-bond donors (Lipinski definition) is 0. The first-order valence-electron chi connectivity index (χ1n) is 20.3. The fraction of sp³-hybridized carbons (Fsp3) is 0. The fourth-order valence-corrected chi connectivity index (χ4v) is 8.88. The van der Waals surface area contributed by atoms with Gasteiger partial charge in [0.2, 0.25) is 0 Å². The third-order valence-electron chi connectivity index (χ3n) is 11.8. The van der Waals surface area contributed by atoms with E-state index in [1.54, 1.807) is 0 Å². The topological polar surface area (TPSA) is 3.24 Å². The van der Waals surface area contributed by atoms with Crippen LogP contribution in [0.3, 0.4) is 0 Å². The number of benzene rings is 11. The van der Waals surface area contributed by atoms with Crippen molar-refractivity contribution in [1.82, 2.24) is 0 Å². The van der Waals surface area contributed by atoms with Crippen LogP contribution in [0.2, 0.25) is 0 Å². The number of para-hydroxylation sites is 1. The summed E-state index contributed by atoms with van der Waals surface area (Å²) in [6.07, 6.45) is 0. The van der Waals surface area contributed by atoms with Crippen LogP contribution in [0.25, 0.3) is 87.6 Å². The van der Waals surface area contributed by atoms with Crippen LogP contribution in [0.4, 0.5) is 17.1 Å². The maximum atomic E-state index is 2.39. The first kappa shape index (κ1) is 34.5. The average molecular weight is 750 g/mol. The number of nitrogens with zero attached hydrogens (tertiary/aromatic N) is 1. The van der Waals surface area contributed by atoms with Crippen LogP contribution < -0.4 is 4.90 Å². The van der Waals surface area contributed by atoms with Gasteiger partial charge in [-0.05, 0) is 118 Å². The molecule has 0 atom stereocenters. The van der Waals surface area contributed by atoms with Gasteiger partial charge in [0.25, 0.3) is 0 Å². The van der Waals surface area contributed by atoms with Gasteiger partial charge in [-0.3, -0.25) is 0 Å². The summed E-state index contributed by atoms with van der Waals surface area (Å²) in [5.74, 6) is 0. The predicted octanol–water partition coefficient (Wildman–Crippen LogP) is 16.4. The van der Waals surface area contributed by atoms with Crippen molar-refractivity contribution in [1.29, 1.82) is 0 Å². The van der Waals surface area contributed by atoms with Crippen LogP contribution in [-0.4, -0.2) is 0 Å². The molecule has 0 spiro atoms. The normalized spacial score (nSPS) is 11.4. The van der Waals surface area contributed by atoms with Crippen molar-refractivity contribution in [3.63, 3.8) is 0 Å². The molecule has 0 bridgehead atoms. The molecule has 0 aliphatic heterocycles. The van der Waals surface area contributed by atoms with E-state index in [2.05, 4.69) is 241 Å². The van der Waals surface area contributed by atoms with Crippen molar-refractivity contribution in [3.05, 3.63) is 237 Å². The molecule has 11 rings (SSSR count). The number of hydrogen-bond acceptors (Lipinski definition) is 1. The molecule has 1 nitrogen and oxygen atoms in total. The highest BCUT2D eigenvalue weighted by Gasteiger charge is 2.18. The molecule has 11 aromatic rings. The molecule has 0 heterocycles. The Morgan fingerprint density at radius 1 is 0.237 bits per heavy atom. The molecule has 0 saturated carbocycles. The minimum atomic E-state index is 1.10. The highest BCUT2D eigenvalue weighted by Crippen LogP contribution is 2.43. The van der Waals surface area contributed by atoms with Crippen molar-refractivity contribution in [2.24, 2.45) is 0 Å². The van der Waals surface area contributed by atoms with Gasteiger partial charge in [0, 0.05) is 16.9 Å². The van der Waals surface area contributed by atoms with Gasteiger partial charge in [-0.15, -0.1) is 0 Å². The summed E-state index contributed by atoms with van der Waals surface area (Å²) in [4.78, 5) is 2.39. The van der Waals surface area contributed by atoms with Gasteiger partial charge in [0.15, 0.2) is 0 Å². The minimum absolute atomic E-state index is 1.10. The quantitative estimate of drug-likeness (QED) is 0.147. The second kappa shape index (κ2) is 14.6. The zero-order valence-electron chi connectivity index (χ0n) is 32.5. The van der Waals surface area contributed by atoms with Crippen LogP contribution in [0.15, 0.2) is 237 Å². The Morgan fingerprint density at radius 3 is 1.25 bits per heavy atom. The standard InChI is InChI=1S/C58H39N/c1-3-11-40(12-4-1)41-19-21-42(22-20-41)43-29-34-51(35-30-43)59(56-18-10-9-16-53(56)45-13-5-2-6-14-45)52-36-31-44(32-37-52)49-33-38-55-50(39-49)28-27-48-26-25-47-24-23-46-15-7-8-17-54(46)57(47)58(48)55/h1-39H. The summed E-state index contributed by atoms with van der Waals surface area (Å²) in [5, 5.41) is 10.3. The van der Waals surface area contributed by atoms with Crippen LogP contribution in [0, 0.1) is 0 Å². The van der Waals surface area contributed by atoms with E-state index < -0.39 is 0 Å². The average Bonchev–Trinajstić information content (AvgIpc) is 3.32. The van der Waals surface area contributed by atoms with Gasteiger partial charge in [0.1, 0.15) is 0 Å². The zero-order valence-corrected chi connectivity index (χ0v) is 32.5. The van der Waals surface area contributed by atoms with Crippen molar-refractivity contribution >= 4 is 60.2 Å². The lowest BCUT2D eigenvalue weighted by molar-refractivity contribution is 1.28. The number of fused-ring (bicyclic) bond motifs is 7. The summed E-state index contributed by atoms with van der Waals surface area (Å²) < 4.78 is 0. The molecule has 0 aliphatic carbocycles. The Hall–Kier alpha value is -7.74. The highest BCUT2D eigenvalue weighted by molar-refractivity contribution is 6.27. The Labute approximate surface area is 344 Å². The predicted molar refractivity (Wildman–Crippen MR) is 253 cm³/mol. The van der Waals surface area contributed by atoms with Gasteiger partial charge in [-0.25, -0.2) is 0 Å². The summed E-state index contributed by atoms with van der Waals surface area (Å²) in [7, 11) is 0. The Balaban J connectivity index is 0.978. The molecule has 0 unspecified atom stereocenters. The molecule has 11 aromatic carbocycles. The van der Waals surface area contributed by atoms with Crippen LogP contribution in [-0.2, 0) is 0 Å². The van der Waals surface area contributed by atoms with E-state index in [0.29, 0.717) is 0 Å². The molecule has 0 radical (unpaired) electrons. The van der Waals surface area contributed by atoms with Crippen LogP contribution in [0.1, 0.15) is 0 Å². The molecule has 0 N–H and O–H groups in total. The zero-order chi connectivity index (χ0) is 39.1. The summed E-state index contributed by atoms with van der Waals surface area (Å²) in [6.45, 7) is 0. The Kier molecular flexibility index (Phi) is 8.56. The van der Waals surface area contributed by atoms with Crippen molar-refractivity contribution < 1.29 is 0 Å². The van der Waals surface area contributed by atoms with E-state index in [4.69, 9.17) is 0 Å². The summed E-state index contributed by atoms with van der Waals surface area (Å²) in [5.41, 5.74) is 12.9. The highest BCUT2D eigenvalue weighted by atomic mass is 15.1. The number of rotatable bonds is 7. The molecule has 1 heteroatoms. The maximum Gasteiger partial charge on any atom is 0.0540 e. The van der Waals surface area contributed by atoms with E-state index in [1.807, 2.05) is 0 Å². The van der Waals surface area contributed by atoms with E-state index in [0.717, 1.165) is 17.1 Å². The van der Waals surface area contributed by atoms with Crippen LogP contribution in [0.5, 0.6) is 0 Å². The molecule has 0 amide bonds. The lowest BCUT2D eigenvalue weighted by atomic mass is 9.92. The third-order valence-corrected chi connectivity index (χ3v) is 11.8. The lowest BCUT2D eigenvalue weighted by Crippen LogP contribution is -2.11.